The highest BCUT2D eigenvalue weighted by Gasteiger charge is 2.43. The molecule has 2 aromatic heterocycles. The van der Waals surface area contributed by atoms with Gasteiger partial charge in [-0.05, 0) is 62.5 Å². The number of likely N-dealkylation sites (tertiary alicyclic amines) is 2. The number of nitrogens with zero attached hydrogens (tertiary/aromatic N) is 6. The van der Waals surface area contributed by atoms with Crippen LogP contribution < -0.4 is 15.4 Å². The lowest BCUT2D eigenvalue weighted by atomic mass is 9.90. The number of thiophene rings is 1. The Morgan fingerprint density at radius 2 is 1.89 bits per heavy atom. The summed E-state index contributed by atoms with van der Waals surface area (Å²) in [5, 5.41) is 20.5. The summed E-state index contributed by atoms with van der Waals surface area (Å²) in [5.74, 6) is -0.716. The molecular weight excluding hydrogens is 612 g/mol. The molecule has 6 heterocycles. The maximum atomic E-state index is 17.3. The predicted octanol–water partition coefficient (Wildman–Crippen LogP) is 4.39. The molecule has 13 heteroatoms. The van der Waals surface area contributed by atoms with Crippen molar-refractivity contribution >= 4 is 43.1 Å². The second-order valence-electron chi connectivity index (χ2n) is 12.8. The molecule has 4 aliphatic rings. The van der Waals surface area contributed by atoms with Crippen molar-refractivity contribution in [2.75, 3.05) is 57.1 Å². The van der Waals surface area contributed by atoms with Crippen LogP contribution in [0.15, 0.2) is 12.1 Å². The fraction of sp³-hybridized carbons (Fsp3) is 0.485. The number of halogens is 2. The van der Waals surface area contributed by atoms with Gasteiger partial charge in [0.25, 0.3) is 0 Å². The number of hydrogen-bond acceptors (Lipinski definition) is 11. The van der Waals surface area contributed by atoms with Crippen molar-refractivity contribution in [3.63, 3.8) is 0 Å². The van der Waals surface area contributed by atoms with Crippen LogP contribution in [0.25, 0.3) is 32.1 Å². The lowest BCUT2D eigenvalue weighted by Gasteiger charge is -2.42. The number of piperazine rings is 1. The first-order valence-electron chi connectivity index (χ1n) is 15.9. The number of anilines is 2. The molecule has 3 saturated heterocycles. The van der Waals surface area contributed by atoms with Crippen molar-refractivity contribution in [1.82, 2.24) is 19.8 Å². The third-order valence-electron chi connectivity index (χ3n) is 10.2. The molecular formula is C33H35F2N7O3S. The number of nitrogens with two attached hydrogens (primary N) is 1. The summed E-state index contributed by atoms with van der Waals surface area (Å²) in [6, 6.07) is 5.60. The summed E-state index contributed by atoms with van der Waals surface area (Å²) < 4.78 is 45.9. The molecule has 0 amide bonds. The Balaban J connectivity index is 1.34. The van der Waals surface area contributed by atoms with Gasteiger partial charge in [0, 0.05) is 65.6 Å². The van der Waals surface area contributed by atoms with E-state index >= 15 is 8.78 Å². The fourth-order valence-electron chi connectivity index (χ4n) is 7.81. The van der Waals surface area contributed by atoms with Gasteiger partial charge >= 0.3 is 6.01 Å². The van der Waals surface area contributed by atoms with Crippen LogP contribution in [0.1, 0.15) is 42.4 Å². The average molecular weight is 648 g/mol. The zero-order chi connectivity index (χ0) is 31.7. The molecule has 10 nitrogen and oxygen atoms in total. The lowest BCUT2D eigenvalue weighted by Crippen LogP contribution is -2.54. The van der Waals surface area contributed by atoms with E-state index < -0.39 is 11.6 Å². The molecule has 3 N–H and O–H groups in total. The minimum Gasteiger partial charge on any atom is -0.462 e. The van der Waals surface area contributed by atoms with Crippen LogP contribution in [0.5, 0.6) is 6.01 Å². The van der Waals surface area contributed by atoms with Crippen LogP contribution in [-0.4, -0.2) is 89.4 Å². The zero-order valence-electron chi connectivity index (χ0n) is 25.6. The van der Waals surface area contributed by atoms with Gasteiger partial charge in [-0.15, -0.1) is 11.3 Å². The first-order chi connectivity index (χ1) is 22.4. The number of fused-ring (bicyclic) bond motifs is 6. The minimum absolute atomic E-state index is 0.000518. The number of aliphatic hydroxyl groups is 1. The standard InChI is InChI=1S/C33H35F2N7O3S/c1-40-9-7-19(40)14-45-33-38-30-27(32(39-33)42-17-3-4-18(42)13-41(12-17)8-2-10-43)22-16-44-15-21(22)26(29(30)35)28-23(34)5-6-24-25(28)20(11-36)31(37)46-24/h5-6,17-19,43H,2-4,7-10,12-16,37H2,1H3/t17?,18?,19-/m0/s1. The number of aromatic nitrogens is 2. The Morgan fingerprint density at radius 3 is 2.59 bits per heavy atom. The topological polar surface area (TPSA) is 124 Å². The third-order valence-corrected chi connectivity index (χ3v) is 11.2. The van der Waals surface area contributed by atoms with Crippen molar-refractivity contribution in [1.29, 1.82) is 5.26 Å². The number of rotatable bonds is 8. The number of hydrogen-bond donors (Lipinski definition) is 2. The van der Waals surface area contributed by atoms with Gasteiger partial charge in [-0.25, -0.2) is 8.78 Å². The first-order valence-corrected chi connectivity index (χ1v) is 16.7. The van der Waals surface area contributed by atoms with Gasteiger partial charge in [-0.3, -0.25) is 9.80 Å². The van der Waals surface area contributed by atoms with Gasteiger partial charge in [0.15, 0.2) is 5.82 Å². The minimum atomic E-state index is -0.692. The number of benzene rings is 2. The Kier molecular flexibility index (Phi) is 7.45. The molecule has 4 aromatic rings. The maximum Gasteiger partial charge on any atom is 0.319 e. The number of likely N-dealkylation sites (N-methyl/N-ethyl adjacent to an activating group) is 1. The summed E-state index contributed by atoms with van der Waals surface area (Å²) in [6.07, 6.45) is 3.65. The molecule has 0 spiro atoms. The molecule has 0 aliphatic carbocycles. The van der Waals surface area contributed by atoms with Gasteiger partial charge in [-0.2, -0.15) is 15.2 Å². The van der Waals surface area contributed by atoms with Crippen LogP contribution >= 0.6 is 11.3 Å². The summed E-state index contributed by atoms with van der Waals surface area (Å²) in [7, 11) is 2.04. The summed E-state index contributed by atoms with van der Waals surface area (Å²) in [5.41, 5.74) is 7.67. The molecule has 8 rings (SSSR count). The highest BCUT2D eigenvalue weighted by atomic mass is 32.1. The smallest absolute Gasteiger partial charge is 0.319 e. The van der Waals surface area contributed by atoms with Gasteiger partial charge in [0.1, 0.15) is 34.8 Å². The van der Waals surface area contributed by atoms with Crippen molar-refractivity contribution in [2.45, 2.75) is 57.0 Å². The monoisotopic (exact) mass is 647 g/mol. The van der Waals surface area contributed by atoms with Crippen molar-refractivity contribution in [3.05, 3.63) is 40.5 Å². The van der Waals surface area contributed by atoms with E-state index in [1.54, 1.807) is 6.07 Å². The lowest BCUT2D eigenvalue weighted by molar-refractivity contribution is 0.0732. The number of ether oxygens (including phenoxy) is 2. The number of nitriles is 1. The number of nitrogen functional groups attached to an aromatic ring is 1. The second-order valence-corrected chi connectivity index (χ2v) is 13.9. The van der Waals surface area contributed by atoms with Crippen LogP contribution in [0.3, 0.4) is 0 Å². The van der Waals surface area contributed by atoms with Gasteiger partial charge < -0.3 is 25.2 Å². The Morgan fingerprint density at radius 1 is 1.11 bits per heavy atom. The van der Waals surface area contributed by atoms with E-state index in [0.29, 0.717) is 33.5 Å². The number of aliphatic hydroxyl groups excluding tert-OH is 1. The van der Waals surface area contributed by atoms with Crippen LogP contribution in [0.2, 0.25) is 0 Å². The van der Waals surface area contributed by atoms with Crippen LogP contribution in [0, 0.1) is 23.0 Å². The SMILES string of the molecule is CN1CC[C@H]1COc1nc(N2C3CCC2CN(CCCO)C3)c2c3c(c(-c4c(F)ccc5sc(N)c(C#N)c45)c(F)c2n1)COC3. The molecule has 46 heavy (non-hydrogen) atoms. The molecule has 3 fully saturated rings. The molecule has 240 valence electrons. The van der Waals surface area contributed by atoms with Gasteiger partial charge in [-0.1, -0.05) is 0 Å². The maximum absolute atomic E-state index is 17.3. The van der Waals surface area contributed by atoms with Gasteiger partial charge in [0.2, 0.25) is 0 Å². The molecule has 2 aromatic carbocycles. The Hall–Kier alpha value is -3.67. The zero-order valence-corrected chi connectivity index (χ0v) is 26.4. The third kappa shape index (κ3) is 4.61. The van der Waals surface area contributed by atoms with Gasteiger partial charge in [0.05, 0.1) is 24.2 Å². The summed E-state index contributed by atoms with van der Waals surface area (Å²) in [6.45, 7) is 4.24. The quantitative estimate of drug-likeness (QED) is 0.285. The molecule has 2 bridgehead atoms. The van der Waals surface area contributed by atoms with E-state index in [9.17, 15) is 10.4 Å². The van der Waals surface area contributed by atoms with E-state index in [2.05, 4.69) is 25.8 Å². The Labute approximate surface area is 268 Å². The largest absolute Gasteiger partial charge is 0.462 e. The van der Waals surface area contributed by atoms with E-state index in [4.69, 9.17) is 20.2 Å². The van der Waals surface area contributed by atoms with Crippen LogP contribution in [0.4, 0.5) is 19.6 Å². The highest BCUT2D eigenvalue weighted by molar-refractivity contribution is 7.23. The molecule has 2 unspecified atom stereocenters. The second kappa shape index (κ2) is 11.5. The average Bonchev–Trinajstić information content (AvgIpc) is 3.73. The molecule has 0 saturated carbocycles. The van der Waals surface area contributed by atoms with Crippen molar-refractivity contribution in [2.24, 2.45) is 0 Å². The Bertz CT molecular complexity index is 1900. The molecule has 3 atom stereocenters. The van der Waals surface area contributed by atoms with Crippen molar-refractivity contribution < 1.29 is 23.4 Å². The summed E-state index contributed by atoms with van der Waals surface area (Å²) in [4.78, 5) is 16.6. The van der Waals surface area contributed by atoms with Crippen LogP contribution in [-0.2, 0) is 18.0 Å². The van der Waals surface area contributed by atoms with E-state index in [1.165, 1.54) is 17.4 Å². The normalized spacial score (nSPS) is 22.8. The van der Waals surface area contributed by atoms with E-state index in [0.717, 1.165) is 57.4 Å². The molecule has 4 aliphatic heterocycles. The predicted molar refractivity (Wildman–Crippen MR) is 172 cm³/mol. The van der Waals surface area contributed by atoms with E-state index in [1.807, 2.05) is 7.05 Å². The summed E-state index contributed by atoms with van der Waals surface area (Å²) >= 11 is 1.18. The highest BCUT2D eigenvalue weighted by Crippen LogP contribution is 2.49. The molecule has 0 radical (unpaired) electrons. The van der Waals surface area contributed by atoms with E-state index in [-0.39, 0.29) is 71.2 Å². The first kappa shape index (κ1) is 29.7. The van der Waals surface area contributed by atoms with Crippen molar-refractivity contribution in [3.8, 4) is 23.2 Å². The fourth-order valence-corrected chi connectivity index (χ4v) is 8.74.